The van der Waals surface area contributed by atoms with E-state index < -0.39 is 5.76 Å². The summed E-state index contributed by atoms with van der Waals surface area (Å²) in [5.41, 5.74) is 3.60. The molecule has 0 unspecified atom stereocenters. The third-order valence-electron chi connectivity index (χ3n) is 3.57. The Morgan fingerprint density at radius 1 is 1.04 bits per heavy atom. The zero-order chi connectivity index (χ0) is 17.8. The van der Waals surface area contributed by atoms with Crippen LogP contribution >= 0.6 is 23.1 Å². The third kappa shape index (κ3) is 4.46. The van der Waals surface area contributed by atoms with Crippen LogP contribution < -0.4 is 5.32 Å². The monoisotopic (exact) mass is 375 g/mol. The van der Waals surface area contributed by atoms with Gasteiger partial charge in [0.15, 0.2) is 0 Å². The van der Waals surface area contributed by atoms with E-state index in [9.17, 15) is 13.6 Å². The molecule has 6 heteroatoms. The third-order valence-corrected chi connectivity index (χ3v) is 5.21. The molecule has 1 amide bonds. The van der Waals surface area contributed by atoms with Crippen molar-refractivity contribution in [3.63, 3.8) is 0 Å². The lowest BCUT2D eigenvalue weighted by molar-refractivity contribution is 0.103. The summed E-state index contributed by atoms with van der Waals surface area (Å²) in [4.78, 5) is 13.7. The molecule has 0 aliphatic heterocycles. The van der Waals surface area contributed by atoms with E-state index in [-0.39, 0.29) is 5.91 Å². The van der Waals surface area contributed by atoms with Gasteiger partial charge in [0.25, 0.3) is 11.7 Å². The van der Waals surface area contributed by atoms with Gasteiger partial charge in [-0.25, -0.2) is 0 Å². The van der Waals surface area contributed by atoms with Crippen molar-refractivity contribution in [2.24, 2.45) is 0 Å². The Kier molecular flexibility index (Phi) is 5.50. The molecular weight excluding hydrogens is 360 g/mol. The molecule has 1 heterocycles. The summed E-state index contributed by atoms with van der Waals surface area (Å²) >= 11 is 1.85. The maximum atomic E-state index is 12.6. The maximum Gasteiger partial charge on any atom is 0.288 e. The zero-order valence-electron chi connectivity index (χ0n) is 13.3. The molecule has 0 aliphatic carbocycles. The number of hydrogen-bond acceptors (Lipinski definition) is 3. The highest BCUT2D eigenvalue weighted by Gasteiger charge is 2.15. The van der Waals surface area contributed by atoms with E-state index in [2.05, 4.69) is 5.32 Å². The highest BCUT2D eigenvalue weighted by atomic mass is 32.2. The summed E-state index contributed by atoms with van der Waals surface area (Å²) in [7, 11) is 0. The fourth-order valence-electron chi connectivity index (χ4n) is 2.35. The number of benzene rings is 2. The Bertz CT molecular complexity index is 858. The van der Waals surface area contributed by atoms with Gasteiger partial charge in [0, 0.05) is 16.1 Å². The summed E-state index contributed by atoms with van der Waals surface area (Å²) in [6, 6.07) is 16.3. The zero-order valence-corrected chi connectivity index (χ0v) is 15.0. The molecule has 0 fully saturated rings. The van der Waals surface area contributed by atoms with Gasteiger partial charge in [-0.15, -0.1) is 11.3 Å². The van der Waals surface area contributed by atoms with Crippen LogP contribution in [0.4, 0.5) is 14.5 Å². The molecule has 0 bridgehead atoms. The summed E-state index contributed by atoms with van der Waals surface area (Å²) in [5, 5.41) is 4.70. The molecule has 25 heavy (non-hydrogen) atoms. The van der Waals surface area contributed by atoms with Crippen LogP contribution in [0.5, 0.6) is 0 Å². The van der Waals surface area contributed by atoms with E-state index in [4.69, 9.17) is 0 Å². The molecular formula is C19H15F2NOS2. The highest BCUT2D eigenvalue weighted by molar-refractivity contribution is 7.99. The van der Waals surface area contributed by atoms with Crippen molar-refractivity contribution in [2.75, 3.05) is 5.32 Å². The van der Waals surface area contributed by atoms with E-state index in [1.54, 1.807) is 24.3 Å². The molecule has 0 saturated heterocycles. The standard InChI is InChI=1S/C19H15F2NOS2/c1-12-2-4-13(5-3-12)16-10-11-24-17(16)18(23)22-14-6-8-15(9-7-14)25-19(20)21/h2-11,19H,1H3,(H,22,23). The van der Waals surface area contributed by atoms with Gasteiger partial charge in [0.1, 0.15) is 0 Å². The summed E-state index contributed by atoms with van der Waals surface area (Å²) in [6.45, 7) is 2.01. The average Bonchev–Trinajstić information content (AvgIpc) is 3.06. The van der Waals surface area contributed by atoms with Crippen molar-refractivity contribution >= 4 is 34.7 Å². The summed E-state index contributed by atoms with van der Waals surface area (Å²) in [6.07, 6.45) is 0. The van der Waals surface area contributed by atoms with E-state index in [0.29, 0.717) is 27.2 Å². The predicted molar refractivity (Wildman–Crippen MR) is 101 cm³/mol. The molecule has 0 radical (unpaired) electrons. The van der Waals surface area contributed by atoms with Crippen molar-refractivity contribution < 1.29 is 13.6 Å². The van der Waals surface area contributed by atoms with Crippen LogP contribution in [-0.4, -0.2) is 11.7 Å². The molecule has 0 spiro atoms. The fourth-order valence-corrected chi connectivity index (χ4v) is 3.66. The fraction of sp³-hybridized carbons (Fsp3) is 0.105. The first-order valence-electron chi connectivity index (χ1n) is 7.53. The van der Waals surface area contributed by atoms with Gasteiger partial charge < -0.3 is 5.32 Å². The first-order chi connectivity index (χ1) is 12.0. The molecule has 3 aromatic rings. The number of aryl methyl sites for hydroxylation is 1. The van der Waals surface area contributed by atoms with Crippen molar-refractivity contribution in [1.82, 2.24) is 0 Å². The Labute approximate surface area is 152 Å². The first kappa shape index (κ1) is 17.6. The minimum atomic E-state index is -2.45. The second-order valence-electron chi connectivity index (χ2n) is 5.39. The molecule has 128 valence electrons. The topological polar surface area (TPSA) is 29.1 Å². The summed E-state index contributed by atoms with van der Waals surface area (Å²) < 4.78 is 24.7. The van der Waals surface area contributed by atoms with Crippen molar-refractivity contribution in [3.8, 4) is 11.1 Å². The molecule has 3 rings (SSSR count). The van der Waals surface area contributed by atoms with E-state index >= 15 is 0 Å². The number of halogens is 2. The Morgan fingerprint density at radius 2 is 1.72 bits per heavy atom. The molecule has 0 aliphatic rings. The number of rotatable bonds is 5. The van der Waals surface area contributed by atoms with Crippen molar-refractivity contribution in [1.29, 1.82) is 0 Å². The van der Waals surface area contributed by atoms with Crippen molar-refractivity contribution in [3.05, 3.63) is 70.4 Å². The normalized spacial score (nSPS) is 10.9. The van der Waals surface area contributed by atoms with Crippen LogP contribution in [0, 0.1) is 6.92 Å². The van der Waals surface area contributed by atoms with Gasteiger partial charge in [0.05, 0.1) is 4.88 Å². The number of alkyl halides is 2. The van der Waals surface area contributed by atoms with Gasteiger partial charge >= 0.3 is 0 Å². The largest absolute Gasteiger partial charge is 0.321 e. The number of carbonyl (C=O) groups is 1. The predicted octanol–water partition coefficient (Wildman–Crippen LogP) is 6.29. The first-order valence-corrected chi connectivity index (χ1v) is 9.29. The van der Waals surface area contributed by atoms with Gasteiger partial charge in [-0.3, -0.25) is 4.79 Å². The maximum absolute atomic E-state index is 12.6. The molecule has 1 N–H and O–H groups in total. The number of carbonyl (C=O) groups excluding carboxylic acids is 1. The van der Waals surface area contributed by atoms with Gasteiger partial charge in [-0.1, -0.05) is 41.6 Å². The number of anilines is 1. The van der Waals surface area contributed by atoms with E-state index in [0.717, 1.165) is 16.7 Å². The Balaban J connectivity index is 1.76. The van der Waals surface area contributed by atoms with Gasteiger partial charge in [-0.2, -0.15) is 8.78 Å². The smallest absolute Gasteiger partial charge is 0.288 e. The lowest BCUT2D eigenvalue weighted by Crippen LogP contribution is -2.11. The SMILES string of the molecule is Cc1ccc(-c2ccsc2C(=O)Nc2ccc(SC(F)F)cc2)cc1. The number of amides is 1. The number of thioether (sulfide) groups is 1. The van der Waals surface area contributed by atoms with Crippen LogP contribution in [0.1, 0.15) is 15.2 Å². The molecule has 2 aromatic carbocycles. The minimum Gasteiger partial charge on any atom is -0.321 e. The second kappa shape index (κ2) is 7.80. The van der Waals surface area contributed by atoms with Crippen LogP contribution in [0.15, 0.2) is 64.9 Å². The lowest BCUT2D eigenvalue weighted by atomic mass is 10.0. The minimum absolute atomic E-state index is 0.208. The Morgan fingerprint density at radius 3 is 2.36 bits per heavy atom. The molecule has 0 atom stereocenters. The Hall–Kier alpha value is -2.18. The van der Waals surface area contributed by atoms with Crippen LogP contribution in [-0.2, 0) is 0 Å². The average molecular weight is 375 g/mol. The van der Waals surface area contributed by atoms with Crippen molar-refractivity contribution in [2.45, 2.75) is 17.6 Å². The summed E-state index contributed by atoms with van der Waals surface area (Å²) in [5.74, 6) is -2.66. The number of hydrogen-bond donors (Lipinski definition) is 1. The van der Waals surface area contributed by atoms with Gasteiger partial charge in [0.2, 0.25) is 0 Å². The van der Waals surface area contributed by atoms with Gasteiger partial charge in [-0.05, 0) is 48.2 Å². The van der Waals surface area contributed by atoms with Crippen LogP contribution in [0.3, 0.4) is 0 Å². The van der Waals surface area contributed by atoms with E-state index in [1.807, 2.05) is 42.6 Å². The number of thiophene rings is 1. The van der Waals surface area contributed by atoms with Crippen LogP contribution in [0.2, 0.25) is 0 Å². The van der Waals surface area contributed by atoms with Crippen LogP contribution in [0.25, 0.3) is 11.1 Å². The molecule has 0 saturated carbocycles. The molecule has 1 aromatic heterocycles. The lowest BCUT2D eigenvalue weighted by Gasteiger charge is -2.08. The second-order valence-corrected chi connectivity index (χ2v) is 7.37. The van der Waals surface area contributed by atoms with E-state index in [1.165, 1.54) is 11.3 Å². The molecule has 2 nitrogen and oxygen atoms in total. The quantitative estimate of drug-likeness (QED) is 0.531. The highest BCUT2D eigenvalue weighted by Crippen LogP contribution is 2.30. The number of nitrogens with one attached hydrogen (secondary N) is 1.